The molecule has 2 aromatic rings. The minimum absolute atomic E-state index is 0. The van der Waals surface area contributed by atoms with E-state index in [0.29, 0.717) is 0 Å². The predicted molar refractivity (Wildman–Crippen MR) is 44.6 cm³/mol. The molecule has 65 valence electrons. The SMILES string of the molecule is CCc1coc(-c2c[c-]co2)c1.[Y]. The Hall–Kier alpha value is -0.336. The van der Waals surface area contributed by atoms with Crippen LogP contribution < -0.4 is 0 Å². The quantitative estimate of drug-likeness (QED) is 0.766. The van der Waals surface area contributed by atoms with E-state index in [4.69, 9.17) is 8.83 Å². The number of rotatable bonds is 2. The van der Waals surface area contributed by atoms with Crippen LogP contribution in [0.4, 0.5) is 0 Å². The molecule has 0 atom stereocenters. The number of aryl methyl sites for hydroxylation is 1. The molecule has 0 aliphatic heterocycles. The van der Waals surface area contributed by atoms with Gasteiger partial charge in [-0.3, -0.25) is 0 Å². The Morgan fingerprint density at radius 1 is 1.31 bits per heavy atom. The minimum Gasteiger partial charge on any atom is -0.566 e. The summed E-state index contributed by atoms with van der Waals surface area (Å²) in [6.45, 7) is 2.09. The van der Waals surface area contributed by atoms with E-state index in [-0.39, 0.29) is 32.7 Å². The molecule has 1 radical (unpaired) electrons. The van der Waals surface area contributed by atoms with Gasteiger partial charge in [-0.2, -0.15) is 6.07 Å². The van der Waals surface area contributed by atoms with Gasteiger partial charge in [-0.15, -0.1) is 0 Å². The van der Waals surface area contributed by atoms with Gasteiger partial charge in [0.1, 0.15) is 0 Å². The van der Waals surface area contributed by atoms with Crippen LogP contribution in [0.15, 0.2) is 33.5 Å². The fourth-order valence-electron chi connectivity index (χ4n) is 1.06. The topological polar surface area (TPSA) is 26.3 Å². The molecule has 0 aliphatic rings. The fourth-order valence-corrected chi connectivity index (χ4v) is 1.06. The molecule has 0 fully saturated rings. The van der Waals surface area contributed by atoms with E-state index < -0.39 is 0 Å². The molecule has 0 N–H and O–H groups in total. The molecule has 0 amide bonds. The van der Waals surface area contributed by atoms with E-state index in [2.05, 4.69) is 13.0 Å². The van der Waals surface area contributed by atoms with Crippen LogP contribution in [0.3, 0.4) is 0 Å². The summed E-state index contributed by atoms with van der Waals surface area (Å²) in [5.74, 6) is 1.50. The van der Waals surface area contributed by atoms with Gasteiger partial charge in [-0.05, 0) is 24.3 Å². The minimum atomic E-state index is 0. The average Bonchev–Trinajstić information content (AvgIpc) is 2.75. The van der Waals surface area contributed by atoms with Crippen LogP contribution in [0.2, 0.25) is 0 Å². The molecule has 3 heteroatoms. The molecule has 0 saturated heterocycles. The molecule has 2 rings (SSSR count). The van der Waals surface area contributed by atoms with Crippen LogP contribution >= 0.6 is 0 Å². The zero-order chi connectivity index (χ0) is 8.39. The Balaban J connectivity index is 0.000000845. The zero-order valence-corrected chi connectivity index (χ0v) is 10.2. The van der Waals surface area contributed by atoms with Gasteiger partial charge in [-0.1, -0.05) is 6.92 Å². The van der Waals surface area contributed by atoms with Gasteiger partial charge in [0.15, 0.2) is 0 Å². The van der Waals surface area contributed by atoms with E-state index in [1.807, 2.05) is 6.07 Å². The van der Waals surface area contributed by atoms with Gasteiger partial charge in [0, 0.05) is 38.5 Å². The van der Waals surface area contributed by atoms with Crippen LogP contribution in [0.5, 0.6) is 0 Å². The maximum absolute atomic E-state index is 5.29. The van der Waals surface area contributed by atoms with Gasteiger partial charge in [0.05, 0.1) is 12.0 Å². The van der Waals surface area contributed by atoms with Crippen molar-refractivity contribution in [2.75, 3.05) is 0 Å². The summed E-state index contributed by atoms with van der Waals surface area (Å²) >= 11 is 0. The third-order valence-corrected chi connectivity index (χ3v) is 1.77. The molecule has 13 heavy (non-hydrogen) atoms. The van der Waals surface area contributed by atoms with E-state index in [1.54, 1.807) is 12.3 Å². The number of hydrogen-bond donors (Lipinski definition) is 0. The van der Waals surface area contributed by atoms with Gasteiger partial charge in [0.2, 0.25) is 0 Å². The predicted octanol–water partition coefficient (Wildman–Crippen LogP) is 2.90. The molecule has 0 spiro atoms. The Morgan fingerprint density at radius 2 is 2.15 bits per heavy atom. The standard InChI is InChI=1S/C10H9O2.Y/c1-2-8-6-10(12-7-8)9-4-3-5-11-9;/h4-7H,2H2,1H3;/q-1;. The van der Waals surface area contributed by atoms with Crippen LogP contribution in [-0.2, 0) is 39.1 Å². The third kappa shape index (κ3) is 2.32. The van der Waals surface area contributed by atoms with Crippen LogP contribution in [0, 0.1) is 6.07 Å². The summed E-state index contributed by atoms with van der Waals surface area (Å²) in [5, 5.41) is 0. The first-order valence-corrected chi connectivity index (χ1v) is 3.92. The molecule has 2 nitrogen and oxygen atoms in total. The summed E-state index contributed by atoms with van der Waals surface area (Å²) in [5.41, 5.74) is 1.18. The van der Waals surface area contributed by atoms with Crippen molar-refractivity contribution in [2.24, 2.45) is 0 Å². The molecule has 2 heterocycles. The van der Waals surface area contributed by atoms with Gasteiger partial charge in [-0.25, -0.2) is 6.07 Å². The summed E-state index contributed by atoms with van der Waals surface area (Å²) in [6, 6.07) is 6.57. The summed E-state index contributed by atoms with van der Waals surface area (Å²) in [6.07, 6.45) is 4.25. The van der Waals surface area contributed by atoms with E-state index in [1.165, 1.54) is 11.8 Å². The molecule has 2 aromatic heterocycles. The first kappa shape index (κ1) is 10.7. The van der Waals surface area contributed by atoms with Gasteiger partial charge >= 0.3 is 0 Å². The third-order valence-electron chi connectivity index (χ3n) is 1.77. The summed E-state index contributed by atoms with van der Waals surface area (Å²) < 4.78 is 10.4. The molecular formula is C10H9O2Y-. The maximum atomic E-state index is 5.29. The second kappa shape index (κ2) is 4.78. The van der Waals surface area contributed by atoms with Crippen molar-refractivity contribution in [3.05, 3.63) is 36.3 Å². The smallest absolute Gasteiger partial charge is 0.0921 e. The Morgan fingerprint density at radius 3 is 2.69 bits per heavy atom. The normalized spacial score (nSPS) is 9.62. The van der Waals surface area contributed by atoms with E-state index in [9.17, 15) is 0 Å². The molecule has 0 unspecified atom stereocenters. The van der Waals surface area contributed by atoms with E-state index in [0.717, 1.165) is 17.9 Å². The van der Waals surface area contributed by atoms with Crippen molar-refractivity contribution < 1.29 is 41.5 Å². The molecule has 0 aromatic carbocycles. The Labute approximate surface area is 102 Å². The summed E-state index contributed by atoms with van der Waals surface area (Å²) in [4.78, 5) is 0. The second-order valence-electron chi connectivity index (χ2n) is 2.58. The fraction of sp³-hybridized carbons (Fsp3) is 0.200. The van der Waals surface area contributed by atoms with Crippen LogP contribution in [0.1, 0.15) is 12.5 Å². The Bertz CT molecular complexity index is 349. The monoisotopic (exact) mass is 250 g/mol. The van der Waals surface area contributed by atoms with Crippen LogP contribution in [-0.4, -0.2) is 0 Å². The summed E-state index contributed by atoms with van der Waals surface area (Å²) in [7, 11) is 0. The molecule has 0 bridgehead atoms. The number of furan rings is 2. The van der Waals surface area contributed by atoms with Crippen molar-refractivity contribution in [3.8, 4) is 11.5 Å². The maximum Gasteiger partial charge on any atom is 0.0921 e. The van der Waals surface area contributed by atoms with Crippen molar-refractivity contribution in [1.82, 2.24) is 0 Å². The van der Waals surface area contributed by atoms with Crippen molar-refractivity contribution in [1.29, 1.82) is 0 Å². The Kier molecular flexibility index (Phi) is 3.95. The number of hydrogen-bond acceptors (Lipinski definition) is 2. The van der Waals surface area contributed by atoms with E-state index >= 15 is 0 Å². The van der Waals surface area contributed by atoms with Crippen molar-refractivity contribution in [3.63, 3.8) is 0 Å². The molecular weight excluding hydrogens is 241 g/mol. The van der Waals surface area contributed by atoms with Crippen molar-refractivity contribution >= 4 is 0 Å². The molecule has 0 saturated carbocycles. The van der Waals surface area contributed by atoms with Crippen molar-refractivity contribution in [2.45, 2.75) is 13.3 Å². The van der Waals surface area contributed by atoms with Gasteiger partial charge in [0.25, 0.3) is 0 Å². The first-order chi connectivity index (χ1) is 5.90. The van der Waals surface area contributed by atoms with Crippen LogP contribution in [0.25, 0.3) is 11.5 Å². The largest absolute Gasteiger partial charge is 0.566 e. The molecule has 0 aliphatic carbocycles. The van der Waals surface area contributed by atoms with Gasteiger partial charge < -0.3 is 8.83 Å². The second-order valence-corrected chi connectivity index (χ2v) is 2.58. The average molecular weight is 250 g/mol. The zero-order valence-electron chi connectivity index (χ0n) is 7.41. The first-order valence-electron chi connectivity index (χ1n) is 3.92.